The molecule has 57 heavy (non-hydrogen) atoms. The maximum Gasteiger partial charge on any atom is 0.143 e. The molecule has 0 saturated carbocycles. The fourth-order valence-corrected chi connectivity index (χ4v) is 10.0. The maximum absolute atomic E-state index is 6.77. The molecule has 0 spiro atoms. The Hall–Kier alpha value is -6.99. The molecule has 6 heteroatoms. The van der Waals surface area contributed by atoms with Crippen molar-refractivity contribution in [3.63, 3.8) is 0 Å². The van der Waals surface area contributed by atoms with Crippen molar-refractivity contribution in [2.75, 3.05) is 0 Å². The minimum atomic E-state index is -0.184. The van der Waals surface area contributed by atoms with Crippen molar-refractivity contribution < 1.29 is 4.42 Å². The summed E-state index contributed by atoms with van der Waals surface area (Å²) in [6, 6.07) is 64.8. The first-order chi connectivity index (χ1) is 28.2. The Morgan fingerprint density at radius 3 is 2.00 bits per heavy atom. The number of hydrogen-bond donors (Lipinski definition) is 2. The molecule has 2 atom stereocenters. The van der Waals surface area contributed by atoms with E-state index in [-0.39, 0.29) is 12.3 Å². The highest BCUT2D eigenvalue weighted by molar-refractivity contribution is 7.26. The van der Waals surface area contributed by atoms with Crippen LogP contribution in [0.15, 0.2) is 191 Å². The summed E-state index contributed by atoms with van der Waals surface area (Å²) in [5.41, 5.74) is 11.0. The summed E-state index contributed by atoms with van der Waals surface area (Å²) >= 11 is 1.84. The van der Waals surface area contributed by atoms with E-state index in [1.54, 1.807) is 0 Å². The summed E-state index contributed by atoms with van der Waals surface area (Å²) < 4.78 is 11.6. The standard InChI is InChI=1S/C51H34N4OS/c1-3-13-31(14-4-1)49-52-50(32-15-5-2-6-16-32)54-51(53-49)33-25-28-46-42(29-33)40-22-12-21-39(48(40)57-46)37-19-11-20-38-41-30-34(26-27-45(41)56-47(37)38)55-43-23-9-7-17-35(43)36-18-8-10-24-44(36)55/h1-30,49,51,53H,(H,52,54). The predicted molar refractivity (Wildman–Crippen MR) is 238 cm³/mol. The molecule has 1 aliphatic heterocycles. The lowest BCUT2D eigenvalue weighted by molar-refractivity contribution is 0.409. The molecule has 4 heterocycles. The van der Waals surface area contributed by atoms with Gasteiger partial charge in [0.1, 0.15) is 29.3 Å². The molecular weight excluding hydrogens is 717 g/mol. The van der Waals surface area contributed by atoms with Crippen LogP contribution in [0.25, 0.3) is 80.7 Å². The molecule has 5 nitrogen and oxygen atoms in total. The third kappa shape index (κ3) is 5.15. The van der Waals surface area contributed by atoms with Gasteiger partial charge in [0, 0.05) is 64.1 Å². The predicted octanol–water partition coefficient (Wildman–Crippen LogP) is 13.1. The van der Waals surface area contributed by atoms with Crippen LogP contribution in [-0.4, -0.2) is 10.4 Å². The molecule has 0 amide bonds. The summed E-state index contributed by atoms with van der Waals surface area (Å²) in [5.74, 6) is 0.881. The van der Waals surface area contributed by atoms with Crippen LogP contribution in [0, 0.1) is 0 Å². The molecule has 2 N–H and O–H groups in total. The molecule has 0 radical (unpaired) electrons. The Morgan fingerprint density at radius 1 is 0.526 bits per heavy atom. The van der Waals surface area contributed by atoms with Gasteiger partial charge in [-0.05, 0) is 53.6 Å². The molecule has 270 valence electrons. The Morgan fingerprint density at radius 2 is 1.21 bits per heavy atom. The Kier molecular flexibility index (Phi) is 7.24. The van der Waals surface area contributed by atoms with E-state index in [0.717, 1.165) is 55.7 Å². The number of hydrogen-bond acceptors (Lipinski definition) is 5. The SMILES string of the molecule is c1ccc(C2=NC(c3ccccc3)NC(c3ccc4sc5c(-c6cccc7c6oc6ccc(-n8c9ccccc9c9ccccc98)cc67)cccc5c4c3)N2)cc1. The average Bonchev–Trinajstić information content (AvgIpc) is 3.96. The highest BCUT2D eigenvalue weighted by atomic mass is 32.1. The van der Waals surface area contributed by atoms with E-state index in [1.165, 1.54) is 47.5 Å². The second kappa shape index (κ2) is 12.8. The largest absolute Gasteiger partial charge is 0.455 e. The Balaban J connectivity index is 0.961. The van der Waals surface area contributed by atoms with Gasteiger partial charge in [0.2, 0.25) is 0 Å². The number of benzene rings is 8. The molecule has 0 fully saturated rings. The molecule has 0 bridgehead atoms. The molecule has 1 aliphatic rings. The van der Waals surface area contributed by atoms with Gasteiger partial charge in [-0.15, -0.1) is 11.3 Å². The first kappa shape index (κ1) is 32.3. The van der Waals surface area contributed by atoms with Gasteiger partial charge < -0.3 is 14.3 Å². The van der Waals surface area contributed by atoms with E-state index in [1.807, 2.05) is 23.5 Å². The zero-order chi connectivity index (χ0) is 37.5. The minimum Gasteiger partial charge on any atom is -0.455 e. The highest BCUT2D eigenvalue weighted by Crippen LogP contribution is 2.44. The van der Waals surface area contributed by atoms with Crippen molar-refractivity contribution in [2.45, 2.75) is 12.3 Å². The van der Waals surface area contributed by atoms with Gasteiger partial charge in [-0.25, -0.2) is 4.99 Å². The fraction of sp³-hybridized carbons (Fsp3) is 0.0392. The Labute approximate surface area is 332 Å². The van der Waals surface area contributed by atoms with Crippen molar-refractivity contribution in [1.29, 1.82) is 0 Å². The number of nitrogens with zero attached hydrogens (tertiary/aromatic N) is 2. The van der Waals surface area contributed by atoms with Gasteiger partial charge >= 0.3 is 0 Å². The van der Waals surface area contributed by atoms with Crippen molar-refractivity contribution in [3.8, 4) is 16.8 Å². The van der Waals surface area contributed by atoms with Crippen LogP contribution in [0.1, 0.15) is 29.0 Å². The quantitative estimate of drug-likeness (QED) is 0.184. The van der Waals surface area contributed by atoms with Crippen molar-refractivity contribution in [1.82, 2.24) is 15.2 Å². The molecular formula is C51H34N4OS. The maximum atomic E-state index is 6.77. The monoisotopic (exact) mass is 750 g/mol. The zero-order valence-electron chi connectivity index (χ0n) is 30.7. The van der Waals surface area contributed by atoms with E-state index < -0.39 is 0 Å². The van der Waals surface area contributed by atoms with Crippen LogP contribution in [0.5, 0.6) is 0 Å². The summed E-state index contributed by atoms with van der Waals surface area (Å²) in [6.07, 6.45) is -0.321. The number of amidine groups is 1. The fourth-order valence-electron chi connectivity index (χ4n) is 8.83. The number of para-hydroxylation sites is 3. The summed E-state index contributed by atoms with van der Waals surface area (Å²) in [5, 5.41) is 14.7. The van der Waals surface area contributed by atoms with Crippen molar-refractivity contribution >= 4 is 81.1 Å². The summed E-state index contributed by atoms with van der Waals surface area (Å²) in [7, 11) is 0. The van der Waals surface area contributed by atoms with E-state index >= 15 is 0 Å². The molecule has 2 unspecified atom stereocenters. The lowest BCUT2D eigenvalue weighted by atomic mass is 9.99. The molecule has 3 aromatic heterocycles. The van der Waals surface area contributed by atoms with Crippen LogP contribution in [0.2, 0.25) is 0 Å². The van der Waals surface area contributed by atoms with E-state index in [4.69, 9.17) is 9.41 Å². The van der Waals surface area contributed by atoms with Gasteiger partial charge in [0.05, 0.1) is 11.0 Å². The van der Waals surface area contributed by atoms with E-state index in [2.05, 4.69) is 185 Å². The normalized spacial score (nSPS) is 15.9. The summed E-state index contributed by atoms with van der Waals surface area (Å²) in [6.45, 7) is 0. The van der Waals surface area contributed by atoms with Crippen LogP contribution in [0.3, 0.4) is 0 Å². The van der Waals surface area contributed by atoms with Crippen LogP contribution >= 0.6 is 11.3 Å². The first-order valence-electron chi connectivity index (χ1n) is 19.4. The number of fused-ring (bicyclic) bond motifs is 9. The topological polar surface area (TPSA) is 54.5 Å². The lowest BCUT2D eigenvalue weighted by Gasteiger charge is -2.32. The number of aromatic nitrogens is 1. The number of thiophene rings is 1. The zero-order valence-corrected chi connectivity index (χ0v) is 31.5. The third-order valence-electron chi connectivity index (χ3n) is 11.5. The molecule has 11 aromatic rings. The number of rotatable bonds is 5. The second-order valence-electron chi connectivity index (χ2n) is 14.8. The molecule has 0 saturated heterocycles. The number of nitrogens with one attached hydrogen (secondary N) is 2. The molecule has 12 rings (SSSR count). The van der Waals surface area contributed by atoms with Crippen molar-refractivity contribution in [2.24, 2.45) is 4.99 Å². The molecule has 0 aliphatic carbocycles. The lowest BCUT2D eigenvalue weighted by Crippen LogP contribution is -2.44. The average molecular weight is 751 g/mol. The highest BCUT2D eigenvalue weighted by Gasteiger charge is 2.26. The van der Waals surface area contributed by atoms with Crippen LogP contribution in [-0.2, 0) is 0 Å². The number of aliphatic imine (C=N–C) groups is 1. The van der Waals surface area contributed by atoms with Gasteiger partial charge in [-0.3, -0.25) is 5.32 Å². The second-order valence-corrected chi connectivity index (χ2v) is 15.8. The Bertz CT molecular complexity index is 3320. The van der Waals surface area contributed by atoms with E-state index in [9.17, 15) is 0 Å². The third-order valence-corrected chi connectivity index (χ3v) is 12.7. The van der Waals surface area contributed by atoms with Crippen LogP contribution < -0.4 is 10.6 Å². The summed E-state index contributed by atoms with van der Waals surface area (Å²) in [4.78, 5) is 5.11. The number of furan rings is 1. The van der Waals surface area contributed by atoms with Crippen LogP contribution in [0.4, 0.5) is 0 Å². The van der Waals surface area contributed by atoms with Gasteiger partial charge in [0.15, 0.2) is 0 Å². The first-order valence-corrected chi connectivity index (χ1v) is 20.2. The van der Waals surface area contributed by atoms with E-state index in [0.29, 0.717) is 0 Å². The minimum absolute atomic E-state index is 0.137. The van der Waals surface area contributed by atoms with Gasteiger partial charge in [-0.2, -0.15) is 0 Å². The smallest absolute Gasteiger partial charge is 0.143 e. The van der Waals surface area contributed by atoms with Gasteiger partial charge in [0.25, 0.3) is 0 Å². The van der Waals surface area contributed by atoms with Gasteiger partial charge in [-0.1, -0.05) is 140 Å². The molecule has 8 aromatic carbocycles. The van der Waals surface area contributed by atoms with Crippen molar-refractivity contribution in [3.05, 3.63) is 199 Å².